The highest BCUT2D eigenvalue weighted by molar-refractivity contribution is 6.00. The van der Waals surface area contributed by atoms with Crippen LogP contribution in [0.2, 0.25) is 0 Å². The average molecular weight is 402 g/mol. The highest BCUT2D eigenvalue weighted by Crippen LogP contribution is 2.30. The number of amides is 1. The Morgan fingerprint density at radius 2 is 1.97 bits per heavy atom. The number of ether oxygens (including phenoxy) is 1. The molecule has 0 aromatic carbocycles. The summed E-state index contributed by atoms with van der Waals surface area (Å²) in [6.45, 7) is 4.03. The number of carbonyl (C=O) groups is 2. The van der Waals surface area contributed by atoms with Gasteiger partial charge in [-0.05, 0) is 12.5 Å². The first kappa shape index (κ1) is 19.2. The second-order valence-corrected chi connectivity index (χ2v) is 7.48. The summed E-state index contributed by atoms with van der Waals surface area (Å²) in [4.78, 5) is 46.6. The van der Waals surface area contributed by atoms with Crippen LogP contribution in [0.3, 0.4) is 0 Å². The third-order valence-corrected chi connectivity index (χ3v) is 5.59. The third-order valence-electron chi connectivity index (χ3n) is 5.59. The molecule has 10 heteroatoms. The van der Waals surface area contributed by atoms with Crippen molar-refractivity contribution in [3.8, 4) is 5.75 Å². The molecule has 0 atom stereocenters. The van der Waals surface area contributed by atoms with Gasteiger partial charge in [0.15, 0.2) is 11.3 Å². The Morgan fingerprint density at radius 3 is 2.59 bits per heavy atom. The lowest BCUT2D eigenvalue weighted by atomic mass is 10.2. The zero-order valence-corrected chi connectivity index (χ0v) is 16.5. The molecule has 29 heavy (non-hydrogen) atoms. The van der Waals surface area contributed by atoms with Crippen molar-refractivity contribution in [1.82, 2.24) is 9.38 Å². The number of nitrogens with zero attached hydrogens (tertiary/aromatic N) is 4. The molecule has 2 aliphatic heterocycles. The van der Waals surface area contributed by atoms with E-state index >= 15 is 0 Å². The molecule has 1 amide bonds. The zero-order chi connectivity index (χ0) is 20.7. The molecule has 4 heterocycles. The summed E-state index contributed by atoms with van der Waals surface area (Å²) < 4.78 is 5.85. The smallest absolute Gasteiger partial charge is 0.360 e. The predicted molar refractivity (Wildman–Crippen MR) is 105 cm³/mol. The minimum Gasteiger partial charge on any atom is -0.501 e. The number of rotatable bonds is 3. The molecule has 0 radical (unpaired) electrons. The highest BCUT2D eigenvalue weighted by atomic mass is 16.5. The molecule has 0 spiro atoms. The highest BCUT2D eigenvalue weighted by Gasteiger charge is 2.29. The van der Waals surface area contributed by atoms with Gasteiger partial charge in [-0.2, -0.15) is 0 Å². The van der Waals surface area contributed by atoms with Crippen LogP contribution in [0.4, 0.5) is 11.4 Å². The number of piperazine rings is 1. The van der Waals surface area contributed by atoms with Gasteiger partial charge in [-0.25, -0.2) is 9.78 Å². The average Bonchev–Trinajstić information content (AvgIpc) is 3.15. The molecule has 2 aromatic heterocycles. The van der Waals surface area contributed by atoms with Crippen molar-refractivity contribution < 1.29 is 24.3 Å². The summed E-state index contributed by atoms with van der Waals surface area (Å²) in [7, 11) is 3.28. The molecule has 2 aromatic rings. The third kappa shape index (κ3) is 3.29. The van der Waals surface area contributed by atoms with Crippen LogP contribution >= 0.6 is 0 Å². The standard InChI is InChI=1S/C19H23N5O5/c1-21-6-8-22(9-7-21)12-10-13(23-5-3-4-14(23)25)17-20-15(19(28)29-2)16(26)18(27)24(17)11-12/h10-11,26H,3-9H2,1-2H3/p+1. The van der Waals surface area contributed by atoms with E-state index in [2.05, 4.69) is 21.7 Å². The second kappa shape index (κ2) is 7.36. The molecule has 154 valence electrons. The van der Waals surface area contributed by atoms with E-state index in [4.69, 9.17) is 0 Å². The number of hydrogen-bond acceptors (Lipinski definition) is 7. The van der Waals surface area contributed by atoms with Crippen LogP contribution in [0.25, 0.3) is 5.65 Å². The Bertz CT molecular complexity index is 1040. The largest absolute Gasteiger partial charge is 0.501 e. The first-order valence-electron chi connectivity index (χ1n) is 9.65. The number of methoxy groups -OCH3 is 1. The molecule has 2 saturated heterocycles. The van der Waals surface area contributed by atoms with Crippen molar-refractivity contribution in [3.05, 3.63) is 28.3 Å². The molecule has 0 aliphatic carbocycles. The maximum atomic E-state index is 12.8. The predicted octanol–water partition coefficient (Wildman–Crippen LogP) is -1.35. The van der Waals surface area contributed by atoms with Gasteiger partial charge < -0.3 is 24.5 Å². The van der Waals surface area contributed by atoms with Gasteiger partial charge in [0.25, 0.3) is 0 Å². The number of likely N-dealkylation sites (N-methyl/N-ethyl adjacent to an activating group) is 1. The fourth-order valence-electron chi connectivity index (χ4n) is 3.86. The van der Waals surface area contributed by atoms with Crippen LogP contribution in [0.1, 0.15) is 23.3 Å². The quantitative estimate of drug-likeness (QED) is 0.611. The summed E-state index contributed by atoms with van der Waals surface area (Å²) in [6, 6.07) is 1.84. The number of esters is 1. The number of carbonyl (C=O) groups excluding carboxylic acids is 2. The van der Waals surface area contributed by atoms with Crippen molar-refractivity contribution >= 4 is 28.9 Å². The Kier molecular flexibility index (Phi) is 4.87. The van der Waals surface area contributed by atoms with Gasteiger partial charge in [0, 0.05) is 19.2 Å². The maximum absolute atomic E-state index is 12.8. The summed E-state index contributed by atoms with van der Waals surface area (Å²) in [5.74, 6) is -1.74. The van der Waals surface area contributed by atoms with E-state index in [1.165, 1.54) is 9.30 Å². The van der Waals surface area contributed by atoms with Gasteiger partial charge in [0.2, 0.25) is 11.7 Å². The lowest BCUT2D eigenvalue weighted by molar-refractivity contribution is -0.880. The van der Waals surface area contributed by atoms with Crippen molar-refractivity contribution in [2.24, 2.45) is 0 Å². The van der Waals surface area contributed by atoms with E-state index in [9.17, 15) is 19.5 Å². The van der Waals surface area contributed by atoms with Crippen molar-refractivity contribution in [3.63, 3.8) is 0 Å². The first-order valence-corrected chi connectivity index (χ1v) is 9.65. The molecule has 0 unspecified atom stereocenters. The van der Waals surface area contributed by atoms with Gasteiger partial charge >= 0.3 is 11.5 Å². The molecule has 2 aliphatic rings. The fraction of sp³-hybridized carbons (Fsp3) is 0.474. The lowest BCUT2D eigenvalue weighted by Crippen LogP contribution is -3.12. The minimum absolute atomic E-state index is 0.0613. The second-order valence-electron chi connectivity index (χ2n) is 7.48. The number of quaternary nitrogens is 1. The maximum Gasteiger partial charge on any atom is 0.360 e. The van der Waals surface area contributed by atoms with Crippen molar-refractivity contribution in [2.75, 3.05) is 56.7 Å². The van der Waals surface area contributed by atoms with E-state index in [1.807, 2.05) is 6.07 Å². The van der Waals surface area contributed by atoms with Gasteiger partial charge in [0.1, 0.15) is 0 Å². The molecule has 2 fully saturated rings. The van der Waals surface area contributed by atoms with Crippen molar-refractivity contribution in [1.29, 1.82) is 0 Å². The fourth-order valence-corrected chi connectivity index (χ4v) is 3.86. The number of pyridine rings is 1. The van der Waals surface area contributed by atoms with Crippen LogP contribution in [-0.4, -0.2) is 73.2 Å². The molecular weight excluding hydrogens is 378 g/mol. The summed E-state index contributed by atoms with van der Waals surface area (Å²) in [5, 5.41) is 10.2. The van der Waals surface area contributed by atoms with E-state index in [0.717, 1.165) is 39.0 Å². The summed E-state index contributed by atoms with van der Waals surface area (Å²) in [5.41, 5.74) is 0.144. The minimum atomic E-state index is -0.910. The first-order chi connectivity index (χ1) is 13.9. The number of nitrogens with one attached hydrogen (secondary N) is 1. The van der Waals surface area contributed by atoms with Crippen LogP contribution in [-0.2, 0) is 9.53 Å². The van der Waals surface area contributed by atoms with Crippen LogP contribution in [0.5, 0.6) is 5.75 Å². The summed E-state index contributed by atoms with van der Waals surface area (Å²) in [6.07, 6.45) is 2.73. The van der Waals surface area contributed by atoms with Gasteiger partial charge in [0.05, 0.1) is 51.7 Å². The summed E-state index contributed by atoms with van der Waals surface area (Å²) >= 11 is 0. The molecule has 4 rings (SSSR count). The number of aromatic hydroxyl groups is 1. The Balaban J connectivity index is 1.94. The molecule has 2 N–H and O–H groups in total. The molecular formula is C19H24N5O5+. The Labute approximate surface area is 166 Å². The Morgan fingerprint density at radius 1 is 1.24 bits per heavy atom. The van der Waals surface area contributed by atoms with E-state index in [-0.39, 0.29) is 11.6 Å². The van der Waals surface area contributed by atoms with Crippen LogP contribution in [0, 0.1) is 0 Å². The zero-order valence-electron chi connectivity index (χ0n) is 16.5. The normalized spacial score (nSPS) is 17.9. The van der Waals surface area contributed by atoms with Crippen LogP contribution in [0.15, 0.2) is 17.1 Å². The number of aromatic nitrogens is 2. The Hall–Kier alpha value is -3.14. The molecule has 0 bridgehead atoms. The number of fused-ring (bicyclic) bond motifs is 1. The van der Waals surface area contributed by atoms with E-state index in [0.29, 0.717) is 25.1 Å². The molecule has 10 nitrogen and oxygen atoms in total. The number of hydrogen-bond donors (Lipinski definition) is 2. The van der Waals surface area contributed by atoms with Crippen molar-refractivity contribution in [2.45, 2.75) is 12.8 Å². The SMILES string of the molecule is COC(=O)c1nc2c(N3CCCC3=O)cc(N3CC[NH+](C)CC3)cn2c(=O)c1O. The molecule has 0 saturated carbocycles. The van der Waals surface area contributed by atoms with Crippen LogP contribution < -0.4 is 20.3 Å². The number of anilines is 2. The van der Waals surface area contributed by atoms with E-state index in [1.54, 1.807) is 11.1 Å². The van der Waals surface area contributed by atoms with Gasteiger partial charge in [-0.3, -0.25) is 14.0 Å². The van der Waals surface area contributed by atoms with Gasteiger partial charge in [-0.1, -0.05) is 0 Å². The van der Waals surface area contributed by atoms with E-state index < -0.39 is 23.0 Å². The monoisotopic (exact) mass is 402 g/mol. The lowest BCUT2D eigenvalue weighted by Gasteiger charge is -2.32. The van der Waals surface area contributed by atoms with Gasteiger partial charge in [-0.15, -0.1) is 0 Å². The topological polar surface area (TPSA) is 109 Å².